The van der Waals surface area contributed by atoms with Crippen LogP contribution in [0.3, 0.4) is 0 Å². The fraction of sp³-hybridized carbons (Fsp3) is 0.429. The van der Waals surface area contributed by atoms with Crippen molar-refractivity contribution in [3.8, 4) is 0 Å². The number of carbonyl (C=O) groups is 2. The molecule has 1 unspecified atom stereocenters. The van der Waals surface area contributed by atoms with Crippen LogP contribution in [0.5, 0.6) is 0 Å². The van der Waals surface area contributed by atoms with Gasteiger partial charge in [-0.3, -0.25) is 9.59 Å². The molecule has 4 nitrogen and oxygen atoms in total. The van der Waals surface area contributed by atoms with E-state index in [1.807, 2.05) is 0 Å². The van der Waals surface area contributed by atoms with E-state index in [1.54, 1.807) is 12.1 Å². The van der Waals surface area contributed by atoms with Crippen molar-refractivity contribution < 1.29 is 23.5 Å². The summed E-state index contributed by atoms with van der Waals surface area (Å²) < 4.78 is 25.0. The maximum absolute atomic E-state index is 12.5. The molecule has 1 saturated carbocycles. The monoisotopic (exact) mass is 315 g/mol. The van der Waals surface area contributed by atoms with E-state index in [4.69, 9.17) is 5.11 Å². The molecule has 114 valence electrons. The summed E-state index contributed by atoms with van der Waals surface area (Å²) in [7, 11) is 0. The lowest BCUT2D eigenvalue weighted by atomic mass is 10.1. The highest BCUT2D eigenvalue weighted by atomic mass is 32.2. The van der Waals surface area contributed by atoms with Crippen molar-refractivity contribution in [3.63, 3.8) is 0 Å². The number of alkyl halides is 2. The minimum absolute atomic E-state index is 0.152. The second kappa shape index (κ2) is 6.89. The number of hydrogen-bond donors (Lipinski definition) is 2. The molecule has 1 aromatic rings. The predicted molar refractivity (Wildman–Crippen MR) is 74.5 cm³/mol. The number of aliphatic carboxylic acids is 1. The van der Waals surface area contributed by atoms with Crippen molar-refractivity contribution in [1.82, 2.24) is 5.32 Å². The summed E-state index contributed by atoms with van der Waals surface area (Å²) in [5.41, 5.74) is 0.152. The van der Waals surface area contributed by atoms with Gasteiger partial charge in [0.05, 0.1) is 12.0 Å². The Morgan fingerprint density at radius 2 is 2.00 bits per heavy atom. The Morgan fingerprint density at radius 3 is 2.57 bits per heavy atom. The minimum atomic E-state index is -2.61. The van der Waals surface area contributed by atoms with Gasteiger partial charge in [-0.1, -0.05) is 23.9 Å². The Bertz CT molecular complexity index is 535. The van der Waals surface area contributed by atoms with Crippen LogP contribution in [0.1, 0.15) is 29.6 Å². The fourth-order valence-electron chi connectivity index (χ4n) is 2.12. The number of amides is 1. The maximum Gasteiger partial charge on any atom is 0.305 e. The number of rotatable bonds is 7. The standard InChI is InChI=1S/C14H15F2NO3S/c15-14(16)21-11-4-2-1-3-9(11)13(20)17-10(7-12(18)19)8-5-6-8/h1-4,8,10,14H,5-7H2,(H,17,20)(H,18,19). The quantitative estimate of drug-likeness (QED) is 0.759. The van der Waals surface area contributed by atoms with E-state index in [2.05, 4.69) is 5.32 Å². The first-order valence-corrected chi connectivity index (χ1v) is 7.42. The molecule has 0 aromatic heterocycles. The SMILES string of the molecule is O=C(O)CC(NC(=O)c1ccccc1SC(F)F)C1CC1. The molecule has 0 heterocycles. The van der Waals surface area contributed by atoms with Gasteiger partial charge in [0.15, 0.2) is 0 Å². The normalized spacial score (nSPS) is 15.8. The number of nitrogens with one attached hydrogen (secondary N) is 1. The molecule has 1 amide bonds. The van der Waals surface area contributed by atoms with Gasteiger partial charge in [0.2, 0.25) is 0 Å². The topological polar surface area (TPSA) is 66.4 Å². The van der Waals surface area contributed by atoms with Crippen LogP contribution in [0, 0.1) is 5.92 Å². The number of halogens is 2. The zero-order chi connectivity index (χ0) is 15.4. The largest absolute Gasteiger partial charge is 0.481 e. The van der Waals surface area contributed by atoms with Crippen LogP contribution >= 0.6 is 11.8 Å². The number of carbonyl (C=O) groups excluding carboxylic acids is 1. The van der Waals surface area contributed by atoms with E-state index in [-0.39, 0.29) is 22.8 Å². The number of carboxylic acid groups (broad SMARTS) is 1. The molecule has 1 aromatic carbocycles. The Morgan fingerprint density at radius 1 is 1.33 bits per heavy atom. The third-order valence-electron chi connectivity index (χ3n) is 3.25. The van der Waals surface area contributed by atoms with Gasteiger partial charge in [0.25, 0.3) is 11.7 Å². The molecule has 7 heteroatoms. The van der Waals surface area contributed by atoms with Crippen molar-refractivity contribution in [2.45, 2.75) is 36.0 Å². The molecule has 1 aliphatic carbocycles. The van der Waals surface area contributed by atoms with E-state index in [0.29, 0.717) is 11.8 Å². The Kier molecular flexibility index (Phi) is 5.17. The molecule has 0 bridgehead atoms. The summed E-state index contributed by atoms with van der Waals surface area (Å²) in [6, 6.07) is 5.64. The fourth-order valence-corrected chi connectivity index (χ4v) is 2.76. The molecular formula is C14H15F2NO3S. The number of benzene rings is 1. The maximum atomic E-state index is 12.5. The van der Waals surface area contributed by atoms with Gasteiger partial charge in [-0.2, -0.15) is 8.78 Å². The molecule has 0 saturated heterocycles. The zero-order valence-electron chi connectivity index (χ0n) is 11.1. The first-order chi connectivity index (χ1) is 9.97. The molecule has 0 radical (unpaired) electrons. The van der Waals surface area contributed by atoms with Crippen LogP contribution in [0.25, 0.3) is 0 Å². The third kappa shape index (κ3) is 4.70. The number of carboxylic acids is 1. The van der Waals surface area contributed by atoms with Gasteiger partial charge in [-0.05, 0) is 30.9 Å². The van der Waals surface area contributed by atoms with Gasteiger partial charge < -0.3 is 10.4 Å². The number of thioether (sulfide) groups is 1. The van der Waals surface area contributed by atoms with Crippen LogP contribution < -0.4 is 5.32 Å². The van der Waals surface area contributed by atoms with E-state index in [0.717, 1.165) is 12.8 Å². The van der Waals surface area contributed by atoms with Crippen LogP contribution in [0.2, 0.25) is 0 Å². The minimum Gasteiger partial charge on any atom is -0.481 e. The Balaban J connectivity index is 2.10. The zero-order valence-corrected chi connectivity index (χ0v) is 11.9. The van der Waals surface area contributed by atoms with Gasteiger partial charge in [0, 0.05) is 10.9 Å². The lowest BCUT2D eigenvalue weighted by Gasteiger charge is -2.17. The molecule has 2 N–H and O–H groups in total. The highest BCUT2D eigenvalue weighted by molar-refractivity contribution is 7.99. The Labute approximate surface area is 124 Å². The summed E-state index contributed by atoms with van der Waals surface area (Å²) in [5, 5.41) is 11.5. The first kappa shape index (κ1) is 15.8. The highest BCUT2D eigenvalue weighted by Gasteiger charge is 2.34. The predicted octanol–water partition coefficient (Wildman–Crippen LogP) is 2.98. The van der Waals surface area contributed by atoms with E-state index in [9.17, 15) is 18.4 Å². The first-order valence-electron chi connectivity index (χ1n) is 6.54. The lowest BCUT2D eigenvalue weighted by Crippen LogP contribution is -2.38. The molecular weight excluding hydrogens is 300 g/mol. The molecule has 21 heavy (non-hydrogen) atoms. The summed E-state index contributed by atoms with van der Waals surface area (Å²) >= 11 is 0.308. The van der Waals surface area contributed by atoms with Crippen LogP contribution in [-0.4, -0.2) is 28.8 Å². The molecule has 1 atom stereocenters. The molecule has 0 spiro atoms. The average molecular weight is 315 g/mol. The van der Waals surface area contributed by atoms with Gasteiger partial charge in [-0.15, -0.1) is 0 Å². The van der Waals surface area contributed by atoms with Crippen LogP contribution in [0.4, 0.5) is 8.78 Å². The number of hydrogen-bond acceptors (Lipinski definition) is 3. The molecule has 2 rings (SSSR count). The van der Waals surface area contributed by atoms with Crippen molar-refractivity contribution in [3.05, 3.63) is 29.8 Å². The van der Waals surface area contributed by atoms with Crippen molar-refractivity contribution in [2.75, 3.05) is 0 Å². The van der Waals surface area contributed by atoms with Crippen molar-refractivity contribution >= 4 is 23.6 Å². The second-order valence-corrected chi connectivity index (χ2v) is 5.92. The summed E-state index contributed by atoms with van der Waals surface area (Å²) in [5.74, 6) is -3.93. The second-order valence-electron chi connectivity index (χ2n) is 4.89. The summed E-state index contributed by atoms with van der Waals surface area (Å²) in [4.78, 5) is 23.2. The van der Waals surface area contributed by atoms with E-state index in [1.165, 1.54) is 12.1 Å². The molecule has 1 aliphatic rings. The van der Waals surface area contributed by atoms with E-state index < -0.39 is 23.7 Å². The average Bonchev–Trinajstić information content (AvgIpc) is 3.21. The Hall–Kier alpha value is -1.63. The van der Waals surface area contributed by atoms with Crippen molar-refractivity contribution in [1.29, 1.82) is 0 Å². The third-order valence-corrected chi connectivity index (χ3v) is 4.04. The lowest BCUT2D eigenvalue weighted by molar-refractivity contribution is -0.137. The van der Waals surface area contributed by atoms with Gasteiger partial charge >= 0.3 is 5.97 Å². The molecule has 1 fully saturated rings. The highest BCUT2D eigenvalue weighted by Crippen LogP contribution is 2.34. The molecule has 0 aliphatic heterocycles. The van der Waals surface area contributed by atoms with E-state index >= 15 is 0 Å². The summed E-state index contributed by atoms with van der Waals surface area (Å²) in [6.07, 6.45) is 1.61. The van der Waals surface area contributed by atoms with Crippen molar-refractivity contribution in [2.24, 2.45) is 5.92 Å². The van der Waals surface area contributed by atoms with Gasteiger partial charge in [-0.25, -0.2) is 0 Å². The smallest absolute Gasteiger partial charge is 0.305 e. The summed E-state index contributed by atoms with van der Waals surface area (Å²) in [6.45, 7) is 0. The van der Waals surface area contributed by atoms with Crippen LogP contribution in [0.15, 0.2) is 29.2 Å². The van der Waals surface area contributed by atoms with Crippen LogP contribution in [-0.2, 0) is 4.79 Å². The van der Waals surface area contributed by atoms with Gasteiger partial charge in [0.1, 0.15) is 0 Å².